The summed E-state index contributed by atoms with van der Waals surface area (Å²) in [7, 11) is 0. The minimum Gasteiger partial charge on any atom is -0.481 e. The Morgan fingerprint density at radius 3 is 2.68 bits per heavy atom. The third kappa shape index (κ3) is 6.09. The van der Waals surface area contributed by atoms with Crippen LogP contribution in [-0.2, 0) is 11.2 Å². The maximum Gasteiger partial charge on any atom is 0.261 e. The molecule has 2 aromatic rings. The van der Waals surface area contributed by atoms with E-state index in [4.69, 9.17) is 16.3 Å². The Kier molecular flexibility index (Phi) is 7.32. The number of aryl methyl sites for hydroxylation is 3. The topological polar surface area (TPSA) is 38.3 Å². The number of amides is 1. The van der Waals surface area contributed by atoms with Gasteiger partial charge < -0.3 is 10.1 Å². The van der Waals surface area contributed by atoms with E-state index in [-0.39, 0.29) is 5.91 Å². The zero-order valence-corrected chi connectivity index (χ0v) is 15.9. The number of nitrogens with one attached hydrogen (secondary N) is 1. The molecule has 0 aliphatic carbocycles. The first-order valence-electron chi connectivity index (χ1n) is 8.75. The number of ether oxygens (including phenoxy) is 1. The Balaban J connectivity index is 1.80. The quantitative estimate of drug-likeness (QED) is 0.683. The van der Waals surface area contributed by atoms with Crippen LogP contribution in [-0.4, -0.2) is 18.6 Å². The average molecular weight is 360 g/mol. The molecular formula is C21H26ClNO2. The molecule has 4 heteroatoms. The highest BCUT2D eigenvalue weighted by Crippen LogP contribution is 2.22. The summed E-state index contributed by atoms with van der Waals surface area (Å²) in [4.78, 5) is 12.3. The van der Waals surface area contributed by atoms with Crippen LogP contribution < -0.4 is 10.1 Å². The molecule has 1 N–H and O–H groups in total. The van der Waals surface area contributed by atoms with Crippen molar-refractivity contribution < 1.29 is 9.53 Å². The largest absolute Gasteiger partial charge is 0.481 e. The van der Waals surface area contributed by atoms with Crippen LogP contribution in [0.25, 0.3) is 0 Å². The molecule has 25 heavy (non-hydrogen) atoms. The minimum atomic E-state index is -0.487. The van der Waals surface area contributed by atoms with E-state index in [2.05, 4.69) is 36.5 Å². The predicted molar refractivity (Wildman–Crippen MR) is 103 cm³/mol. The molecular weight excluding hydrogens is 334 g/mol. The third-order valence-corrected chi connectivity index (χ3v) is 4.52. The fourth-order valence-corrected chi connectivity index (χ4v) is 2.78. The fourth-order valence-electron chi connectivity index (χ4n) is 2.66. The van der Waals surface area contributed by atoms with Crippen LogP contribution in [0.2, 0.25) is 5.02 Å². The lowest BCUT2D eigenvalue weighted by atomic mass is 10.1. The first kappa shape index (κ1) is 19.3. The van der Waals surface area contributed by atoms with Gasteiger partial charge in [-0.05, 0) is 62.4 Å². The van der Waals surface area contributed by atoms with Crippen LogP contribution in [0.15, 0.2) is 42.5 Å². The van der Waals surface area contributed by atoms with Crippen molar-refractivity contribution in [2.45, 2.75) is 46.1 Å². The SMILES string of the molecule is CC[C@@H](Oc1ccc(Cl)c(C)c1)C(=O)NCCCc1cccc(C)c1. The van der Waals surface area contributed by atoms with Gasteiger partial charge in [-0.25, -0.2) is 0 Å². The summed E-state index contributed by atoms with van der Waals surface area (Å²) in [6.07, 6.45) is 1.99. The Bertz CT molecular complexity index is 715. The van der Waals surface area contributed by atoms with Gasteiger partial charge in [0.15, 0.2) is 6.10 Å². The minimum absolute atomic E-state index is 0.0701. The van der Waals surface area contributed by atoms with Gasteiger partial charge in [-0.1, -0.05) is 48.4 Å². The molecule has 3 nitrogen and oxygen atoms in total. The van der Waals surface area contributed by atoms with Gasteiger partial charge >= 0.3 is 0 Å². The number of benzene rings is 2. The van der Waals surface area contributed by atoms with Crippen molar-refractivity contribution in [1.29, 1.82) is 0 Å². The smallest absolute Gasteiger partial charge is 0.261 e. The van der Waals surface area contributed by atoms with Gasteiger partial charge in [-0.2, -0.15) is 0 Å². The number of carbonyl (C=O) groups excluding carboxylic acids is 1. The van der Waals surface area contributed by atoms with Crippen LogP contribution in [0.4, 0.5) is 0 Å². The fraction of sp³-hybridized carbons (Fsp3) is 0.381. The lowest BCUT2D eigenvalue weighted by molar-refractivity contribution is -0.128. The molecule has 0 aliphatic heterocycles. The van der Waals surface area contributed by atoms with Gasteiger partial charge in [-0.3, -0.25) is 4.79 Å². The molecule has 0 heterocycles. The van der Waals surface area contributed by atoms with Crippen molar-refractivity contribution in [2.75, 3.05) is 6.54 Å². The predicted octanol–water partition coefficient (Wildman–Crippen LogP) is 4.86. The summed E-state index contributed by atoms with van der Waals surface area (Å²) in [5.74, 6) is 0.600. The normalized spacial score (nSPS) is 11.8. The van der Waals surface area contributed by atoms with Gasteiger partial charge in [0.05, 0.1) is 0 Å². The molecule has 0 saturated carbocycles. The van der Waals surface area contributed by atoms with Gasteiger partial charge in [0, 0.05) is 11.6 Å². The molecule has 0 fully saturated rings. The number of rotatable bonds is 8. The highest BCUT2D eigenvalue weighted by Gasteiger charge is 2.18. The average Bonchev–Trinajstić information content (AvgIpc) is 2.59. The van der Waals surface area contributed by atoms with Gasteiger partial charge in [0.2, 0.25) is 0 Å². The standard InChI is InChI=1S/C21H26ClNO2/c1-4-20(25-18-10-11-19(22)16(3)14-18)21(24)23-12-6-9-17-8-5-7-15(2)13-17/h5,7-8,10-11,13-14,20H,4,6,9,12H2,1-3H3,(H,23,24)/t20-/m1/s1. The Labute approximate surface area is 155 Å². The summed E-state index contributed by atoms with van der Waals surface area (Å²) in [6, 6.07) is 13.9. The summed E-state index contributed by atoms with van der Waals surface area (Å²) < 4.78 is 5.82. The molecule has 2 rings (SSSR count). The Morgan fingerprint density at radius 1 is 1.20 bits per heavy atom. The summed E-state index contributed by atoms with van der Waals surface area (Å²) >= 11 is 6.02. The van der Waals surface area contributed by atoms with Crippen molar-refractivity contribution >= 4 is 17.5 Å². The molecule has 0 unspecified atom stereocenters. The van der Waals surface area contributed by atoms with Crippen LogP contribution >= 0.6 is 11.6 Å². The maximum atomic E-state index is 12.3. The van der Waals surface area contributed by atoms with E-state index in [0.29, 0.717) is 23.7 Å². The molecule has 0 saturated heterocycles. The number of hydrogen-bond donors (Lipinski definition) is 1. The zero-order chi connectivity index (χ0) is 18.2. The van der Waals surface area contributed by atoms with E-state index in [1.165, 1.54) is 11.1 Å². The third-order valence-electron chi connectivity index (χ3n) is 4.09. The lowest BCUT2D eigenvalue weighted by Crippen LogP contribution is -2.38. The van der Waals surface area contributed by atoms with Crippen LogP contribution in [0.3, 0.4) is 0 Å². The molecule has 0 aromatic heterocycles. The van der Waals surface area contributed by atoms with E-state index < -0.39 is 6.10 Å². The van der Waals surface area contributed by atoms with Gasteiger partial charge in [0.1, 0.15) is 5.75 Å². The molecule has 2 aromatic carbocycles. The van der Waals surface area contributed by atoms with Crippen molar-refractivity contribution in [3.05, 3.63) is 64.2 Å². The highest BCUT2D eigenvalue weighted by atomic mass is 35.5. The van der Waals surface area contributed by atoms with E-state index in [1.54, 1.807) is 12.1 Å². The summed E-state index contributed by atoms with van der Waals surface area (Å²) in [6.45, 7) is 6.60. The van der Waals surface area contributed by atoms with E-state index in [9.17, 15) is 4.79 Å². The zero-order valence-electron chi connectivity index (χ0n) is 15.1. The van der Waals surface area contributed by atoms with Crippen molar-refractivity contribution in [3.63, 3.8) is 0 Å². The second-order valence-corrected chi connectivity index (χ2v) is 6.72. The first-order valence-corrected chi connectivity index (χ1v) is 9.13. The second-order valence-electron chi connectivity index (χ2n) is 6.31. The molecule has 0 radical (unpaired) electrons. The molecule has 134 valence electrons. The molecule has 1 amide bonds. The first-order chi connectivity index (χ1) is 12.0. The Hall–Kier alpha value is -2.00. The van der Waals surface area contributed by atoms with Crippen LogP contribution in [0, 0.1) is 13.8 Å². The van der Waals surface area contributed by atoms with Gasteiger partial charge in [0.25, 0.3) is 5.91 Å². The van der Waals surface area contributed by atoms with Crippen molar-refractivity contribution in [3.8, 4) is 5.75 Å². The second kappa shape index (κ2) is 9.47. The maximum absolute atomic E-state index is 12.3. The van der Waals surface area contributed by atoms with E-state index >= 15 is 0 Å². The number of halogens is 1. The van der Waals surface area contributed by atoms with Crippen molar-refractivity contribution in [2.24, 2.45) is 0 Å². The molecule has 0 bridgehead atoms. The van der Waals surface area contributed by atoms with Gasteiger partial charge in [-0.15, -0.1) is 0 Å². The lowest BCUT2D eigenvalue weighted by Gasteiger charge is -2.18. The number of carbonyl (C=O) groups is 1. The molecule has 0 aliphatic rings. The molecule has 0 spiro atoms. The van der Waals surface area contributed by atoms with Crippen LogP contribution in [0.1, 0.15) is 36.5 Å². The van der Waals surface area contributed by atoms with E-state index in [0.717, 1.165) is 18.4 Å². The summed E-state index contributed by atoms with van der Waals surface area (Å²) in [5, 5.41) is 3.67. The highest BCUT2D eigenvalue weighted by molar-refractivity contribution is 6.31. The van der Waals surface area contributed by atoms with Crippen molar-refractivity contribution in [1.82, 2.24) is 5.32 Å². The Morgan fingerprint density at radius 2 is 2.00 bits per heavy atom. The van der Waals surface area contributed by atoms with Crippen LogP contribution in [0.5, 0.6) is 5.75 Å². The monoisotopic (exact) mass is 359 g/mol. The summed E-state index contributed by atoms with van der Waals surface area (Å²) in [5.41, 5.74) is 3.50. The molecule has 1 atom stereocenters. The van der Waals surface area contributed by atoms with E-state index in [1.807, 2.05) is 19.9 Å². The number of hydrogen-bond acceptors (Lipinski definition) is 2.